The average Bonchev–Trinajstić information content (AvgIpc) is 3.06. The highest BCUT2D eigenvalue weighted by molar-refractivity contribution is 7.11. The van der Waals surface area contributed by atoms with Gasteiger partial charge < -0.3 is 5.73 Å². The molecule has 1 aliphatic rings. The lowest BCUT2D eigenvalue weighted by atomic mass is 9.97. The zero-order valence-corrected chi connectivity index (χ0v) is 10.4. The monoisotopic (exact) mass is 245 g/mol. The molecule has 2 aromatic rings. The molecule has 4 heteroatoms. The van der Waals surface area contributed by atoms with Crippen LogP contribution in [0, 0.1) is 0 Å². The molecule has 0 atom stereocenters. The second-order valence-corrected chi connectivity index (χ2v) is 5.55. The van der Waals surface area contributed by atoms with Gasteiger partial charge in [0.05, 0.1) is 0 Å². The van der Waals surface area contributed by atoms with Gasteiger partial charge in [-0.2, -0.15) is 0 Å². The van der Waals surface area contributed by atoms with E-state index in [4.69, 9.17) is 5.73 Å². The van der Waals surface area contributed by atoms with Crippen LogP contribution in [-0.4, -0.2) is 16.7 Å². The SMILES string of the molecule is NCCc1nnc(C2(c3ccccc3)CC2)s1. The van der Waals surface area contributed by atoms with E-state index < -0.39 is 0 Å². The molecule has 1 aliphatic carbocycles. The molecule has 0 saturated heterocycles. The molecule has 0 aliphatic heterocycles. The van der Waals surface area contributed by atoms with E-state index >= 15 is 0 Å². The summed E-state index contributed by atoms with van der Waals surface area (Å²) >= 11 is 1.72. The zero-order valence-electron chi connectivity index (χ0n) is 9.60. The first kappa shape index (κ1) is 10.9. The summed E-state index contributed by atoms with van der Waals surface area (Å²) < 4.78 is 0. The van der Waals surface area contributed by atoms with Gasteiger partial charge in [-0.1, -0.05) is 30.3 Å². The van der Waals surface area contributed by atoms with Crippen LogP contribution in [0.2, 0.25) is 0 Å². The largest absolute Gasteiger partial charge is 0.330 e. The summed E-state index contributed by atoms with van der Waals surface area (Å²) in [5.41, 5.74) is 7.07. The smallest absolute Gasteiger partial charge is 0.128 e. The van der Waals surface area contributed by atoms with Crippen LogP contribution in [0.1, 0.15) is 28.4 Å². The van der Waals surface area contributed by atoms with Gasteiger partial charge in [-0.15, -0.1) is 21.5 Å². The van der Waals surface area contributed by atoms with Crippen LogP contribution in [0.5, 0.6) is 0 Å². The fourth-order valence-corrected chi connectivity index (χ4v) is 3.30. The molecule has 1 aromatic heterocycles. The summed E-state index contributed by atoms with van der Waals surface area (Å²) in [6.07, 6.45) is 3.21. The maximum absolute atomic E-state index is 5.54. The molecule has 88 valence electrons. The third-order valence-electron chi connectivity index (χ3n) is 3.31. The number of nitrogens with zero attached hydrogens (tertiary/aromatic N) is 2. The first-order valence-corrected chi connectivity index (χ1v) is 6.75. The third-order valence-corrected chi connectivity index (χ3v) is 4.50. The first-order valence-electron chi connectivity index (χ1n) is 5.94. The van der Waals surface area contributed by atoms with Crippen molar-refractivity contribution in [3.63, 3.8) is 0 Å². The molecule has 3 rings (SSSR count). The van der Waals surface area contributed by atoms with Gasteiger partial charge >= 0.3 is 0 Å². The minimum Gasteiger partial charge on any atom is -0.330 e. The van der Waals surface area contributed by atoms with Crippen LogP contribution in [0.3, 0.4) is 0 Å². The molecule has 3 nitrogen and oxygen atoms in total. The van der Waals surface area contributed by atoms with Crippen LogP contribution in [0.25, 0.3) is 0 Å². The Balaban J connectivity index is 1.92. The van der Waals surface area contributed by atoms with Crippen molar-refractivity contribution < 1.29 is 0 Å². The minimum absolute atomic E-state index is 0.159. The fraction of sp³-hybridized carbons (Fsp3) is 0.385. The molecule has 1 fully saturated rings. The molecule has 17 heavy (non-hydrogen) atoms. The zero-order chi connectivity index (χ0) is 11.7. The summed E-state index contributed by atoms with van der Waals surface area (Å²) in [6, 6.07) is 10.6. The van der Waals surface area contributed by atoms with E-state index in [1.54, 1.807) is 11.3 Å². The maximum atomic E-state index is 5.54. The van der Waals surface area contributed by atoms with Crippen molar-refractivity contribution in [1.29, 1.82) is 0 Å². The standard InChI is InChI=1S/C13H15N3S/c14-9-6-11-15-16-12(17-11)13(7-8-13)10-4-2-1-3-5-10/h1-5H,6-9,14H2. The van der Waals surface area contributed by atoms with Crippen LogP contribution in [-0.2, 0) is 11.8 Å². The summed E-state index contributed by atoms with van der Waals surface area (Å²) in [5.74, 6) is 0. The first-order chi connectivity index (χ1) is 8.35. The number of benzene rings is 1. The average molecular weight is 245 g/mol. The van der Waals surface area contributed by atoms with Crippen LogP contribution in [0.15, 0.2) is 30.3 Å². The summed E-state index contributed by atoms with van der Waals surface area (Å²) in [6.45, 7) is 0.646. The van der Waals surface area contributed by atoms with Crippen molar-refractivity contribution in [3.8, 4) is 0 Å². The Morgan fingerprint density at radius 2 is 1.94 bits per heavy atom. The molecular weight excluding hydrogens is 230 g/mol. The Hall–Kier alpha value is -1.26. The van der Waals surface area contributed by atoms with Gasteiger partial charge in [0.1, 0.15) is 10.0 Å². The third kappa shape index (κ3) is 1.87. The van der Waals surface area contributed by atoms with Crippen molar-refractivity contribution in [2.24, 2.45) is 5.73 Å². The predicted octanol–water partition coefficient (Wildman–Crippen LogP) is 2.12. The number of hydrogen-bond donors (Lipinski definition) is 1. The van der Waals surface area contributed by atoms with Crippen molar-refractivity contribution in [2.75, 3.05) is 6.54 Å². The number of rotatable bonds is 4. The van der Waals surface area contributed by atoms with E-state index in [0.29, 0.717) is 6.54 Å². The van der Waals surface area contributed by atoms with E-state index in [-0.39, 0.29) is 5.41 Å². The number of aromatic nitrogens is 2. The van der Waals surface area contributed by atoms with Gasteiger partial charge in [-0.05, 0) is 24.9 Å². The number of hydrogen-bond acceptors (Lipinski definition) is 4. The Morgan fingerprint density at radius 1 is 1.18 bits per heavy atom. The van der Waals surface area contributed by atoms with Crippen LogP contribution < -0.4 is 5.73 Å². The highest BCUT2D eigenvalue weighted by atomic mass is 32.1. The fourth-order valence-electron chi connectivity index (χ4n) is 2.18. The van der Waals surface area contributed by atoms with Crippen LogP contribution in [0.4, 0.5) is 0 Å². The van der Waals surface area contributed by atoms with Gasteiger partial charge in [0, 0.05) is 11.8 Å². The topological polar surface area (TPSA) is 51.8 Å². The van der Waals surface area contributed by atoms with Crippen molar-refractivity contribution in [1.82, 2.24) is 10.2 Å². The van der Waals surface area contributed by atoms with E-state index in [0.717, 1.165) is 16.4 Å². The normalized spacial score (nSPS) is 17.0. The molecule has 0 bridgehead atoms. The molecule has 0 unspecified atom stereocenters. The van der Waals surface area contributed by atoms with Gasteiger partial charge in [0.15, 0.2) is 0 Å². The highest BCUT2D eigenvalue weighted by Crippen LogP contribution is 2.54. The molecule has 2 N–H and O–H groups in total. The van der Waals surface area contributed by atoms with Gasteiger partial charge in [0.2, 0.25) is 0 Å². The number of nitrogens with two attached hydrogens (primary N) is 1. The summed E-state index contributed by atoms with van der Waals surface area (Å²) in [4.78, 5) is 0. The van der Waals surface area contributed by atoms with Gasteiger partial charge in [-0.3, -0.25) is 0 Å². The van der Waals surface area contributed by atoms with E-state index in [1.165, 1.54) is 18.4 Å². The molecule has 0 spiro atoms. The second-order valence-electron chi connectivity index (χ2n) is 4.49. The van der Waals surface area contributed by atoms with E-state index in [9.17, 15) is 0 Å². The molecule has 0 amide bonds. The molecule has 0 radical (unpaired) electrons. The van der Waals surface area contributed by atoms with Gasteiger partial charge in [0.25, 0.3) is 0 Å². The Bertz CT molecular complexity index is 502. The van der Waals surface area contributed by atoms with E-state index in [2.05, 4.69) is 40.5 Å². The summed E-state index contributed by atoms with van der Waals surface area (Å²) in [7, 11) is 0. The Morgan fingerprint density at radius 3 is 2.59 bits per heavy atom. The second kappa shape index (κ2) is 4.20. The van der Waals surface area contributed by atoms with Crippen LogP contribution >= 0.6 is 11.3 Å². The minimum atomic E-state index is 0.159. The quantitative estimate of drug-likeness (QED) is 0.897. The Kier molecular flexibility index (Phi) is 2.68. The molecule has 1 heterocycles. The maximum Gasteiger partial charge on any atom is 0.128 e. The van der Waals surface area contributed by atoms with Crippen molar-refractivity contribution in [2.45, 2.75) is 24.7 Å². The van der Waals surface area contributed by atoms with Gasteiger partial charge in [-0.25, -0.2) is 0 Å². The van der Waals surface area contributed by atoms with E-state index in [1.807, 2.05) is 0 Å². The Labute approximate surface area is 105 Å². The van der Waals surface area contributed by atoms with Crippen molar-refractivity contribution in [3.05, 3.63) is 45.9 Å². The highest BCUT2D eigenvalue weighted by Gasteiger charge is 2.48. The molecule has 1 saturated carbocycles. The lowest BCUT2D eigenvalue weighted by Crippen LogP contribution is -2.07. The lowest BCUT2D eigenvalue weighted by Gasteiger charge is -2.11. The predicted molar refractivity (Wildman–Crippen MR) is 69.1 cm³/mol. The molecule has 1 aromatic carbocycles. The summed E-state index contributed by atoms with van der Waals surface area (Å²) in [5, 5.41) is 10.8. The lowest BCUT2D eigenvalue weighted by molar-refractivity contribution is 0.798. The van der Waals surface area contributed by atoms with Crippen molar-refractivity contribution >= 4 is 11.3 Å². The molecular formula is C13H15N3S.